The highest BCUT2D eigenvalue weighted by Gasteiger charge is 2.39. The van der Waals surface area contributed by atoms with E-state index in [4.69, 9.17) is 19.9 Å². The van der Waals surface area contributed by atoms with Gasteiger partial charge in [-0.2, -0.15) is 23.1 Å². The van der Waals surface area contributed by atoms with E-state index in [0.29, 0.717) is 32.7 Å². The Morgan fingerprint density at radius 2 is 1.90 bits per heavy atom. The van der Waals surface area contributed by atoms with Crippen LogP contribution in [0.15, 0.2) is 6.07 Å². The van der Waals surface area contributed by atoms with Crippen LogP contribution >= 0.6 is 0 Å². The van der Waals surface area contributed by atoms with Gasteiger partial charge in [-0.15, -0.1) is 0 Å². The maximum Gasteiger partial charge on any atom is 0.417 e. The Morgan fingerprint density at radius 1 is 1.10 bits per heavy atom. The molecule has 0 amide bonds. The van der Waals surface area contributed by atoms with E-state index < -0.39 is 52.0 Å². The second-order valence-electron chi connectivity index (χ2n) is 9.82. The molecule has 2 atom stereocenters. The zero-order valence-electron chi connectivity index (χ0n) is 21.9. The molecule has 0 saturated carbocycles. The molecule has 14 heteroatoms. The van der Waals surface area contributed by atoms with Crippen molar-refractivity contribution in [2.45, 2.75) is 51.5 Å². The summed E-state index contributed by atoms with van der Waals surface area (Å²) in [6.07, 6.45) is -3.50. The molecule has 40 heavy (non-hydrogen) atoms. The smallest absolute Gasteiger partial charge is 0.417 e. The fourth-order valence-corrected chi connectivity index (χ4v) is 4.84. The number of nitrogens with one attached hydrogen (secondary N) is 2. The Labute approximate surface area is 226 Å². The summed E-state index contributed by atoms with van der Waals surface area (Å²) in [4.78, 5) is 12.8. The molecule has 0 spiro atoms. The lowest BCUT2D eigenvalue weighted by molar-refractivity contribution is -0.137. The van der Waals surface area contributed by atoms with Crippen LogP contribution in [0.25, 0.3) is 22.2 Å². The summed E-state index contributed by atoms with van der Waals surface area (Å²) in [7, 11) is 0. The molecule has 0 bridgehead atoms. The van der Waals surface area contributed by atoms with Crippen LogP contribution < -0.4 is 25.8 Å². The van der Waals surface area contributed by atoms with E-state index in [1.807, 2.05) is 0 Å². The van der Waals surface area contributed by atoms with Crippen molar-refractivity contribution in [3.05, 3.63) is 28.8 Å². The third-order valence-corrected chi connectivity index (χ3v) is 6.85. The Bertz CT molecular complexity index is 1410. The van der Waals surface area contributed by atoms with E-state index >= 15 is 4.39 Å². The maximum absolute atomic E-state index is 16.3. The van der Waals surface area contributed by atoms with E-state index in [1.54, 1.807) is 6.92 Å². The number of nitrogens with two attached hydrogens (primary N) is 1. The number of nitrogen functional groups attached to an aromatic ring is 1. The number of rotatable bonds is 4. The first kappa shape index (κ1) is 28.0. The molecule has 4 heterocycles. The summed E-state index contributed by atoms with van der Waals surface area (Å²) < 4.78 is 90.6. The molecule has 0 aliphatic carbocycles. The highest BCUT2D eigenvalue weighted by atomic mass is 19.4. The first-order valence-corrected chi connectivity index (χ1v) is 13.0. The summed E-state index contributed by atoms with van der Waals surface area (Å²) in [5, 5.41) is 6.37. The van der Waals surface area contributed by atoms with Crippen molar-refractivity contribution in [1.82, 2.24) is 20.3 Å². The van der Waals surface area contributed by atoms with Crippen molar-refractivity contribution in [2.24, 2.45) is 0 Å². The van der Waals surface area contributed by atoms with E-state index in [1.165, 1.54) is 0 Å². The summed E-state index contributed by atoms with van der Waals surface area (Å²) in [5.41, 5.74) is 1.10. The van der Waals surface area contributed by atoms with Crippen molar-refractivity contribution in [1.29, 1.82) is 0 Å². The first-order chi connectivity index (χ1) is 19.0. The van der Waals surface area contributed by atoms with Crippen LogP contribution in [0.1, 0.15) is 37.3 Å². The molecular formula is C26H29F5N6O3. The SMILES string of the molecule is Cc1c(F)c(N)cc(-c2nc3c4c(nc(OCC5CCCO5)nc4c2F)NCCNCCC(C)O3)c1C(F)(F)F. The van der Waals surface area contributed by atoms with Gasteiger partial charge in [0.05, 0.1) is 23.5 Å². The van der Waals surface area contributed by atoms with Gasteiger partial charge in [0.1, 0.15) is 34.8 Å². The molecule has 2 aliphatic heterocycles. The van der Waals surface area contributed by atoms with E-state index in [0.717, 1.165) is 25.8 Å². The van der Waals surface area contributed by atoms with Crippen LogP contribution in [0, 0.1) is 18.6 Å². The second-order valence-corrected chi connectivity index (χ2v) is 9.82. The van der Waals surface area contributed by atoms with Gasteiger partial charge in [0.25, 0.3) is 0 Å². The Kier molecular flexibility index (Phi) is 7.82. The number of alkyl halides is 3. The summed E-state index contributed by atoms with van der Waals surface area (Å²) in [6.45, 7) is 4.92. The van der Waals surface area contributed by atoms with Crippen LogP contribution in [-0.2, 0) is 10.9 Å². The van der Waals surface area contributed by atoms with Gasteiger partial charge < -0.3 is 30.6 Å². The number of hydrogen-bond acceptors (Lipinski definition) is 9. The van der Waals surface area contributed by atoms with Gasteiger partial charge in [-0.25, -0.2) is 13.8 Å². The molecule has 2 aromatic heterocycles. The van der Waals surface area contributed by atoms with Crippen molar-refractivity contribution in [3.8, 4) is 23.1 Å². The van der Waals surface area contributed by atoms with Crippen molar-refractivity contribution in [2.75, 3.05) is 43.9 Å². The zero-order chi connectivity index (χ0) is 28.6. The van der Waals surface area contributed by atoms with Crippen LogP contribution in [0.2, 0.25) is 0 Å². The average Bonchev–Trinajstić information content (AvgIpc) is 3.41. The molecule has 3 aromatic rings. The number of aromatic nitrogens is 3. The van der Waals surface area contributed by atoms with Crippen molar-refractivity contribution >= 4 is 22.4 Å². The molecule has 0 radical (unpaired) electrons. The summed E-state index contributed by atoms with van der Waals surface area (Å²) >= 11 is 0. The van der Waals surface area contributed by atoms with Crippen LogP contribution in [0.5, 0.6) is 11.9 Å². The van der Waals surface area contributed by atoms with Crippen molar-refractivity contribution < 1.29 is 36.2 Å². The Morgan fingerprint density at radius 3 is 2.62 bits per heavy atom. The molecule has 9 nitrogen and oxygen atoms in total. The van der Waals surface area contributed by atoms with Gasteiger partial charge in [-0.05, 0) is 51.3 Å². The number of halogens is 5. The van der Waals surface area contributed by atoms with Gasteiger partial charge in [-0.1, -0.05) is 0 Å². The van der Waals surface area contributed by atoms with E-state index in [9.17, 15) is 17.6 Å². The Hall–Kier alpha value is -3.52. The standard InChI is InChI=1S/C26H29F5N6O3/c1-12-5-6-33-7-8-34-23-17-22(36-25(37-23)39-11-14-4-3-9-38-14)20(28)21(35-24(17)40-12)15-10-16(32)19(27)13(2)18(15)26(29,30)31/h10,12,14,33H,3-9,11,32H2,1-2H3,(H,34,36,37). The fourth-order valence-electron chi connectivity index (χ4n) is 4.84. The molecule has 1 aromatic carbocycles. The summed E-state index contributed by atoms with van der Waals surface area (Å²) in [5.74, 6) is -2.47. The molecule has 2 unspecified atom stereocenters. The highest BCUT2D eigenvalue weighted by Crippen LogP contribution is 2.44. The topological polar surface area (TPSA) is 116 Å². The number of pyridine rings is 1. The van der Waals surface area contributed by atoms with Gasteiger partial charge in [0.2, 0.25) is 5.88 Å². The Balaban J connectivity index is 1.76. The minimum absolute atomic E-state index is 0.0415. The maximum atomic E-state index is 16.3. The number of nitrogens with zero attached hydrogens (tertiary/aromatic N) is 3. The largest absolute Gasteiger partial charge is 0.474 e. The molecule has 2 aliphatic rings. The molecule has 1 fully saturated rings. The predicted molar refractivity (Wildman–Crippen MR) is 137 cm³/mol. The minimum atomic E-state index is -5.04. The van der Waals surface area contributed by atoms with Gasteiger partial charge in [-0.3, -0.25) is 0 Å². The third-order valence-electron chi connectivity index (χ3n) is 6.85. The lowest BCUT2D eigenvalue weighted by Crippen LogP contribution is -2.26. The average molecular weight is 569 g/mol. The van der Waals surface area contributed by atoms with Gasteiger partial charge in [0.15, 0.2) is 5.82 Å². The van der Waals surface area contributed by atoms with Crippen molar-refractivity contribution in [3.63, 3.8) is 0 Å². The number of benzene rings is 1. The minimum Gasteiger partial charge on any atom is -0.474 e. The number of ether oxygens (including phenoxy) is 3. The highest BCUT2D eigenvalue weighted by molar-refractivity contribution is 5.96. The molecule has 4 N–H and O–H groups in total. The number of anilines is 2. The summed E-state index contributed by atoms with van der Waals surface area (Å²) in [6, 6.07) is 0.525. The lowest BCUT2D eigenvalue weighted by atomic mass is 9.96. The van der Waals surface area contributed by atoms with Crippen LogP contribution in [-0.4, -0.2) is 60.0 Å². The molecular weight excluding hydrogens is 539 g/mol. The third kappa shape index (κ3) is 5.55. The molecule has 1 saturated heterocycles. The van der Waals surface area contributed by atoms with Crippen LogP contribution in [0.4, 0.5) is 33.5 Å². The fraction of sp³-hybridized carbons (Fsp3) is 0.500. The quantitative estimate of drug-likeness (QED) is 0.307. The van der Waals surface area contributed by atoms with Crippen LogP contribution in [0.3, 0.4) is 0 Å². The first-order valence-electron chi connectivity index (χ1n) is 13.0. The molecule has 5 rings (SSSR count). The van der Waals surface area contributed by atoms with Gasteiger partial charge >= 0.3 is 12.2 Å². The molecule has 216 valence electrons. The van der Waals surface area contributed by atoms with Gasteiger partial charge in [0, 0.05) is 25.3 Å². The number of hydrogen-bond donors (Lipinski definition) is 3. The van der Waals surface area contributed by atoms with E-state index in [2.05, 4.69) is 25.6 Å². The monoisotopic (exact) mass is 568 g/mol. The zero-order valence-corrected chi connectivity index (χ0v) is 21.9. The normalized spacial score (nSPS) is 20.1. The van der Waals surface area contributed by atoms with E-state index in [-0.39, 0.29) is 41.3 Å². The predicted octanol–water partition coefficient (Wildman–Crippen LogP) is 4.61. The second kappa shape index (κ2) is 11.2. The lowest BCUT2D eigenvalue weighted by Gasteiger charge is -2.21.